The summed E-state index contributed by atoms with van der Waals surface area (Å²) in [5.74, 6) is 0. The molecule has 1 aliphatic rings. The van der Waals surface area contributed by atoms with E-state index in [1.54, 1.807) is 0 Å². The molecule has 0 amide bonds. The molecule has 0 spiro atoms. The summed E-state index contributed by atoms with van der Waals surface area (Å²) in [5, 5.41) is 18.0. The summed E-state index contributed by atoms with van der Waals surface area (Å²) in [6.45, 7) is 6.82. The van der Waals surface area contributed by atoms with Gasteiger partial charge in [0.05, 0.1) is 11.3 Å². The smallest absolute Gasteiger partial charge is 0.0815 e. The molecule has 0 saturated carbocycles. The molecule has 1 aliphatic heterocycles. The number of hydrogen-bond donors (Lipinski definition) is 2. The highest BCUT2D eigenvalue weighted by Crippen LogP contribution is 2.19. The lowest BCUT2D eigenvalue weighted by Gasteiger charge is -2.32. The molecule has 0 bridgehead atoms. The summed E-state index contributed by atoms with van der Waals surface area (Å²) >= 11 is 0. The maximum Gasteiger partial charge on any atom is 0.0815 e. The fourth-order valence-corrected chi connectivity index (χ4v) is 2.11. The van der Waals surface area contributed by atoms with E-state index >= 15 is 0 Å². The molecule has 1 fully saturated rings. The molecule has 1 aromatic heterocycles. The molecule has 5 heteroatoms. The van der Waals surface area contributed by atoms with Crippen LogP contribution in [-0.4, -0.2) is 40.2 Å². The van der Waals surface area contributed by atoms with Crippen LogP contribution in [0.4, 0.5) is 0 Å². The fraction of sp³-hybridized carbons (Fsp3) is 0.769. The van der Waals surface area contributed by atoms with Gasteiger partial charge in [0.15, 0.2) is 0 Å². The normalized spacial score (nSPS) is 19.3. The predicted molar refractivity (Wildman–Crippen MR) is 69.3 cm³/mol. The first-order valence-corrected chi connectivity index (χ1v) is 6.64. The monoisotopic (exact) mass is 253 g/mol. The van der Waals surface area contributed by atoms with Crippen molar-refractivity contribution in [2.45, 2.75) is 44.9 Å². The maximum absolute atomic E-state index is 10.3. The van der Waals surface area contributed by atoms with Gasteiger partial charge in [-0.3, -0.25) is 4.68 Å². The van der Waals surface area contributed by atoms with Crippen molar-refractivity contribution in [1.82, 2.24) is 15.1 Å². The van der Waals surface area contributed by atoms with Gasteiger partial charge < -0.3 is 15.2 Å². The highest BCUT2D eigenvalue weighted by Gasteiger charge is 2.29. The fourth-order valence-electron chi connectivity index (χ4n) is 2.11. The molecule has 0 unspecified atom stereocenters. The Bertz CT molecular complexity index is 370. The zero-order chi connectivity index (χ0) is 13.0. The molecule has 18 heavy (non-hydrogen) atoms. The Kier molecular flexibility index (Phi) is 4.37. The van der Waals surface area contributed by atoms with Gasteiger partial charge in [-0.05, 0) is 19.9 Å². The van der Waals surface area contributed by atoms with Crippen molar-refractivity contribution in [1.29, 1.82) is 0 Å². The summed E-state index contributed by atoms with van der Waals surface area (Å²) < 4.78 is 7.20. The Hall–Kier alpha value is -0.910. The molecule has 2 N–H and O–H groups in total. The number of hydrogen-bond acceptors (Lipinski definition) is 4. The van der Waals surface area contributed by atoms with Crippen molar-refractivity contribution < 1.29 is 9.84 Å². The molecule has 2 rings (SSSR count). The van der Waals surface area contributed by atoms with Crippen molar-refractivity contribution in [3.63, 3.8) is 0 Å². The Balaban J connectivity index is 1.77. The Labute approximate surface area is 108 Å². The number of aromatic nitrogens is 2. The molecule has 2 heterocycles. The molecule has 0 aromatic carbocycles. The van der Waals surface area contributed by atoms with E-state index in [9.17, 15) is 5.11 Å². The Morgan fingerprint density at radius 2 is 2.22 bits per heavy atom. The van der Waals surface area contributed by atoms with Crippen LogP contribution in [0, 0.1) is 0 Å². The number of nitrogens with zero attached hydrogens (tertiary/aromatic N) is 2. The van der Waals surface area contributed by atoms with Crippen LogP contribution in [0.5, 0.6) is 0 Å². The lowest BCUT2D eigenvalue weighted by molar-refractivity contribution is -0.0617. The van der Waals surface area contributed by atoms with Gasteiger partial charge in [-0.25, -0.2) is 0 Å². The highest BCUT2D eigenvalue weighted by atomic mass is 16.5. The van der Waals surface area contributed by atoms with Crippen LogP contribution in [-0.2, 0) is 11.3 Å². The number of aliphatic hydroxyl groups is 1. The van der Waals surface area contributed by atoms with E-state index in [1.807, 2.05) is 16.9 Å². The zero-order valence-corrected chi connectivity index (χ0v) is 11.2. The minimum atomic E-state index is -0.612. The minimum Gasteiger partial charge on any atom is -0.388 e. The van der Waals surface area contributed by atoms with Crippen molar-refractivity contribution in [2.24, 2.45) is 0 Å². The number of rotatable bonds is 5. The van der Waals surface area contributed by atoms with Crippen molar-refractivity contribution in [3.05, 3.63) is 18.0 Å². The summed E-state index contributed by atoms with van der Waals surface area (Å²) in [5.41, 5.74) is 0.401. The third kappa shape index (κ3) is 3.54. The zero-order valence-electron chi connectivity index (χ0n) is 11.2. The quantitative estimate of drug-likeness (QED) is 0.825. The van der Waals surface area contributed by atoms with E-state index in [1.165, 1.54) is 0 Å². The van der Waals surface area contributed by atoms with Crippen LogP contribution in [0.1, 0.15) is 38.4 Å². The lowest BCUT2D eigenvalue weighted by atomic mass is 9.94. The second kappa shape index (κ2) is 5.82. The molecular weight excluding hydrogens is 230 g/mol. The van der Waals surface area contributed by atoms with Crippen molar-refractivity contribution in [2.75, 3.05) is 19.8 Å². The molecule has 102 valence electrons. The molecule has 0 atom stereocenters. The van der Waals surface area contributed by atoms with Gasteiger partial charge in [-0.2, -0.15) is 5.10 Å². The van der Waals surface area contributed by atoms with E-state index in [4.69, 9.17) is 4.74 Å². The number of ether oxygens (including phenoxy) is 1. The molecule has 0 aliphatic carbocycles. The molecule has 1 saturated heterocycles. The van der Waals surface area contributed by atoms with Gasteiger partial charge in [-0.15, -0.1) is 0 Å². The molecule has 0 radical (unpaired) electrons. The third-order valence-corrected chi connectivity index (χ3v) is 3.38. The first-order chi connectivity index (χ1) is 8.59. The molecule has 5 nitrogen and oxygen atoms in total. The topological polar surface area (TPSA) is 59.3 Å². The van der Waals surface area contributed by atoms with Crippen LogP contribution in [0.2, 0.25) is 0 Å². The van der Waals surface area contributed by atoms with E-state index in [2.05, 4.69) is 24.3 Å². The largest absolute Gasteiger partial charge is 0.388 e. The van der Waals surface area contributed by atoms with Gasteiger partial charge in [0.1, 0.15) is 0 Å². The van der Waals surface area contributed by atoms with Gasteiger partial charge >= 0.3 is 0 Å². The van der Waals surface area contributed by atoms with Gasteiger partial charge in [-0.1, -0.05) is 0 Å². The van der Waals surface area contributed by atoms with Gasteiger partial charge in [0, 0.05) is 51.4 Å². The van der Waals surface area contributed by atoms with Crippen LogP contribution in [0.3, 0.4) is 0 Å². The average Bonchev–Trinajstić information content (AvgIpc) is 2.78. The predicted octanol–water partition coefficient (Wildman–Crippen LogP) is 1.10. The Morgan fingerprint density at radius 3 is 2.83 bits per heavy atom. The molecule has 1 aromatic rings. The summed E-state index contributed by atoms with van der Waals surface area (Å²) in [4.78, 5) is 0. The summed E-state index contributed by atoms with van der Waals surface area (Å²) in [6, 6.07) is 2.40. The summed E-state index contributed by atoms with van der Waals surface area (Å²) in [7, 11) is 0. The second-order valence-corrected chi connectivity index (χ2v) is 5.32. The van der Waals surface area contributed by atoms with Gasteiger partial charge in [0.25, 0.3) is 0 Å². The SMILES string of the molecule is CC(C)n1ccc(CNCC2(O)CCOCC2)n1. The maximum atomic E-state index is 10.3. The highest BCUT2D eigenvalue weighted by molar-refractivity contribution is 4.99. The van der Waals surface area contributed by atoms with Crippen molar-refractivity contribution >= 4 is 0 Å². The van der Waals surface area contributed by atoms with Crippen LogP contribution in [0.15, 0.2) is 12.3 Å². The van der Waals surface area contributed by atoms with E-state index in [0.717, 1.165) is 5.69 Å². The Morgan fingerprint density at radius 1 is 1.50 bits per heavy atom. The first kappa shape index (κ1) is 13.5. The minimum absolute atomic E-state index is 0.387. The van der Waals surface area contributed by atoms with E-state index in [0.29, 0.717) is 45.2 Å². The van der Waals surface area contributed by atoms with Crippen LogP contribution < -0.4 is 5.32 Å². The third-order valence-electron chi connectivity index (χ3n) is 3.38. The van der Waals surface area contributed by atoms with E-state index < -0.39 is 5.60 Å². The second-order valence-electron chi connectivity index (χ2n) is 5.32. The van der Waals surface area contributed by atoms with Crippen LogP contribution >= 0.6 is 0 Å². The van der Waals surface area contributed by atoms with E-state index in [-0.39, 0.29) is 0 Å². The molecular formula is C13H23N3O2. The van der Waals surface area contributed by atoms with Crippen LogP contribution in [0.25, 0.3) is 0 Å². The standard InChI is InChI=1S/C13H23N3O2/c1-11(2)16-6-3-12(15-16)9-14-10-13(17)4-7-18-8-5-13/h3,6,11,14,17H,4-5,7-10H2,1-2H3. The van der Waals surface area contributed by atoms with Gasteiger partial charge in [0.2, 0.25) is 0 Å². The lowest BCUT2D eigenvalue weighted by Crippen LogP contribution is -2.44. The average molecular weight is 253 g/mol. The number of nitrogens with one attached hydrogen (secondary N) is 1. The first-order valence-electron chi connectivity index (χ1n) is 6.64. The summed E-state index contributed by atoms with van der Waals surface area (Å²) in [6.07, 6.45) is 3.41. The van der Waals surface area contributed by atoms with Crippen molar-refractivity contribution in [3.8, 4) is 0 Å².